The first-order chi connectivity index (χ1) is 11.4. The second-order valence-electron chi connectivity index (χ2n) is 5.92. The van der Waals surface area contributed by atoms with E-state index < -0.39 is 0 Å². The summed E-state index contributed by atoms with van der Waals surface area (Å²) in [6.07, 6.45) is 2.56. The largest absolute Gasteiger partial charge is 0.369 e. The van der Waals surface area contributed by atoms with Crippen molar-refractivity contribution in [2.75, 3.05) is 11.9 Å². The zero-order valence-electron chi connectivity index (χ0n) is 13.8. The molecule has 0 saturated carbocycles. The molecule has 1 unspecified atom stereocenters. The van der Waals surface area contributed by atoms with Gasteiger partial charge in [-0.05, 0) is 24.0 Å². The van der Waals surface area contributed by atoms with Crippen molar-refractivity contribution in [2.24, 2.45) is 11.8 Å². The summed E-state index contributed by atoms with van der Waals surface area (Å²) in [6.45, 7) is 7.28. The molecule has 1 atom stereocenters. The highest BCUT2D eigenvalue weighted by molar-refractivity contribution is 6.48. The smallest absolute Gasteiger partial charge is 0.147 e. The Bertz CT molecular complexity index is 762. The Balaban J connectivity index is 2.41. The van der Waals surface area contributed by atoms with Crippen LogP contribution in [0.2, 0.25) is 15.1 Å². The predicted octanol–water partition coefficient (Wildman–Crippen LogP) is 5.80. The maximum absolute atomic E-state index is 9.35. The third-order valence-electron chi connectivity index (χ3n) is 4.13. The lowest BCUT2D eigenvalue weighted by Gasteiger charge is -2.21. The predicted molar refractivity (Wildman–Crippen MR) is 100 cm³/mol. The van der Waals surface area contributed by atoms with Crippen LogP contribution in [0.3, 0.4) is 0 Å². The molecule has 4 nitrogen and oxygen atoms in total. The van der Waals surface area contributed by atoms with Gasteiger partial charge in [0.15, 0.2) is 0 Å². The summed E-state index contributed by atoms with van der Waals surface area (Å²) in [5.74, 6) is 1.64. The van der Waals surface area contributed by atoms with Gasteiger partial charge >= 0.3 is 0 Å². The summed E-state index contributed by atoms with van der Waals surface area (Å²) in [7, 11) is 0. The molecular formula is C17H19Cl3N4. The lowest BCUT2D eigenvalue weighted by Crippen LogP contribution is -2.20. The fourth-order valence-corrected chi connectivity index (χ4v) is 3.15. The standard InChI is InChI=1S/C17H19Cl3N4/c1-4-11(10(2)3)8-22-17-12(7-21)9-23-24(17)14-6-5-13(18)15(19)16(14)20/h5-6,9-11,22H,4,8H2,1-3H3. The van der Waals surface area contributed by atoms with Gasteiger partial charge in [0.1, 0.15) is 17.5 Å². The van der Waals surface area contributed by atoms with Crippen molar-refractivity contribution < 1.29 is 0 Å². The van der Waals surface area contributed by atoms with Crippen LogP contribution in [0, 0.1) is 23.2 Å². The summed E-state index contributed by atoms with van der Waals surface area (Å²) in [4.78, 5) is 0. The normalized spacial score (nSPS) is 12.2. The lowest BCUT2D eigenvalue weighted by molar-refractivity contribution is 0.391. The molecule has 0 aliphatic heterocycles. The van der Waals surface area contributed by atoms with Crippen LogP contribution in [0.15, 0.2) is 18.3 Å². The minimum absolute atomic E-state index is 0.268. The van der Waals surface area contributed by atoms with E-state index in [9.17, 15) is 5.26 Å². The van der Waals surface area contributed by atoms with Crippen molar-refractivity contribution in [3.63, 3.8) is 0 Å². The van der Waals surface area contributed by atoms with Crippen molar-refractivity contribution in [2.45, 2.75) is 27.2 Å². The molecule has 0 aliphatic carbocycles. The van der Waals surface area contributed by atoms with E-state index in [2.05, 4.69) is 37.3 Å². The highest BCUT2D eigenvalue weighted by Gasteiger charge is 2.19. The van der Waals surface area contributed by atoms with Crippen LogP contribution in [-0.4, -0.2) is 16.3 Å². The maximum atomic E-state index is 9.35. The number of aromatic nitrogens is 2. The minimum Gasteiger partial charge on any atom is -0.369 e. The van der Waals surface area contributed by atoms with Crippen molar-refractivity contribution >= 4 is 40.6 Å². The zero-order valence-corrected chi connectivity index (χ0v) is 16.0. The van der Waals surface area contributed by atoms with Crippen molar-refractivity contribution in [1.82, 2.24) is 9.78 Å². The Morgan fingerprint density at radius 1 is 1.25 bits per heavy atom. The molecule has 7 heteroatoms. The first kappa shape index (κ1) is 18.9. The maximum Gasteiger partial charge on any atom is 0.147 e. The van der Waals surface area contributed by atoms with Crippen molar-refractivity contribution in [3.8, 4) is 11.8 Å². The SMILES string of the molecule is CCC(CNc1c(C#N)cnn1-c1ccc(Cl)c(Cl)c1Cl)C(C)C. The number of nitriles is 1. The van der Waals surface area contributed by atoms with E-state index >= 15 is 0 Å². The fourth-order valence-electron chi connectivity index (χ4n) is 2.54. The van der Waals surface area contributed by atoms with Crippen LogP contribution < -0.4 is 5.32 Å². The molecule has 2 rings (SSSR count). The molecule has 1 heterocycles. The number of halogens is 3. The fraction of sp³-hybridized carbons (Fsp3) is 0.412. The number of rotatable bonds is 6. The Hall–Kier alpha value is -1.41. The van der Waals surface area contributed by atoms with E-state index in [1.165, 1.54) is 6.20 Å². The summed E-state index contributed by atoms with van der Waals surface area (Å²) >= 11 is 18.4. The zero-order chi connectivity index (χ0) is 17.9. The van der Waals surface area contributed by atoms with Crippen LogP contribution in [0.25, 0.3) is 5.69 Å². The van der Waals surface area contributed by atoms with Gasteiger partial charge in [-0.2, -0.15) is 10.4 Å². The molecule has 1 aromatic carbocycles. The molecule has 0 bridgehead atoms. The molecule has 0 aliphatic rings. The van der Waals surface area contributed by atoms with E-state index in [1.807, 2.05) is 0 Å². The van der Waals surface area contributed by atoms with Gasteiger partial charge in [0.05, 0.1) is 27.0 Å². The molecule has 0 fully saturated rings. The van der Waals surface area contributed by atoms with E-state index in [-0.39, 0.29) is 5.02 Å². The Labute approximate surface area is 157 Å². The number of hydrogen-bond acceptors (Lipinski definition) is 3. The van der Waals surface area contributed by atoms with Gasteiger partial charge in [-0.1, -0.05) is 62.0 Å². The first-order valence-corrected chi connectivity index (χ1v) is 8.89. The van der Waals surface area contributed by atoms with Crippen molar-refractivity contribution in [1.29, 1.82) is 5.26 Å². The topological polar surface area (TPSA) is 53.6 Å². The number of anilines is 1. The molecule has 1 N–H and O–H groups in total. The first-order valence-electron chi connectivity index (χ1n) is 7.76. The van der Waals surface area contributed by atoms with Crippen LogP contribution in [-0.2, 0) is 0 Å². The molecule has 24 heavy (non-hydrogen) atoms. The van der Waals surface area contributed by atoms with Gasteiger partial charge in [0.2, 0.25) is 0 Å². The molecule has 0 radical (unpaired) electrons. The third kappa shape index (κ3) is 3.80. The molecule has 128 valence electrons. The molecule has 0 amide bonds. The van der Waals surface area contributed by atoms with Gasteiger partial charge in [0, 0.05) is 6.54 Å². The van der Waals surface area contributed by atoms with Gasteiger partial charge in [-0.3, -0.25) is 0 Å². The van der Waals surface area contributed by atoms with Crippen LogP contribution in [0.4, 0.5) is 5.82 Å². The second-order valence-corrected chi connectivity index (χ2v) is 7.08. The number of hydrogen-bond donors (Lipinski definition) is 1. The van der Waals surface area contributed by atoms with Gasteiger partial charge in [0.25, 0.3) is 0 Å². The number of nitrogens with one attached hydrogen (secondary N) is 1. The molecular weight excluding hydrogens is 367 g/mol. The van der Waals surface area contributed by atoms with E-state index in [1.54, 1.807) is 16.8 Å². The molecule has 0 spiro atoms. The molecule has 1 aromatic heterocycles. The van der Waals surface area contributed by atoms with Crippen LogP contribution in [0.1, 0.15) is 32.8 Å². The summed E-state index contributed by atoms with van der Waals surface area (Å²) in [5, 5.41) is 17.9. The average Bonchev–Trinajstić information content (AvgIpc) is 2.96. The van der Waals surface area contributed by atoms with E-state index in [4.69, 9.17) is 34.8 Å². The number of benzene rings is 1. The Morgan fingerprint density at radius 2 is 1.96 bits per heavy atom. The Morgan fingerprint density at radius 3 is 2.54 bits per heavy atom. The van der Waals surface area contributed by atoms with Crippen LogP contribution >= 0.6 is 34.8 Å². The van der Waals surface area contributed by atoms with E-state index in [0.29, 0.717) is 38.9 Å². The quantitative estimate of drug-likeness (QED) is 0.639. The average molecular weight is 386 g/mol. The lowest BCUT2D eigenvalue weighted by atomic mass is 9.93. The second kappa shape index (κ2) is 8.11. The Kier molecular flexibility index (Phi) is 6.40. The number of nitrogens with zero attached hydrogens (tertiary/aromatic N) is 3. The summed E-state index contributed by atoms with van der Waals surface area (Å²) in [5.41, 5.74) is 1.03. The third-order valence-corrected chi connectivity index (χ3v) is 5.42. The highest BCUT2D eigenvalue weighted by Crippen LogP contribution is 2.36. The molecule has 2 aromatic rings. The summed E-state index contributed by atoms with van der Waals surface area (Å²) in [6, 6.07) is 5.54. The van der Waals surface area contributed by atoms with Gasteiger partial charge in [-0.15, -0.1) is 0 Å². The van der Waals surface area contributed by atoms with Gasteiger partial charge < -0.3 is 5.32 Å². The van der Waals surface area contributed by atoms with Crippen molar-refractivity contribution in [3.05, 3.63) is 39.0 Å². The van der Waals surface area contributed by atoms with Gasteiger partial charge in [-0.25, -0.2) is 4.68 Å². The molecule has 0 saturated heterocycles. The summed E-state index contributed by atoms with van der Waals surface area (Å²) < 4.78 is 1.59. The van der Waals surface area contributed by atoms with Crippen LogP contribution in [0.5, 0.6) is 0 Å². The monoisotopic (exact) mass is 384 g/mol. The van der Waals surface area contributed by atoms with E-state index in [0.717, 1.165) is 13.0 Å². The highest BCUT2D eigenvalue weighted by atomic mass is 35.5. The minimum atomic E-state index is 0.268.